The first kappa shape index (κ1) is 14.9. The van der Waals surface area contributed by atoms with Crippen LogP contribution in [0.3, 0.4) is 0 Å². The summed E-state index contributed by atoms with van der Waals surface area (Å²) in [6.07, 6.45) is 1.83. The van der Waals surface area contributed by atoms with Gasteiger partial charge in [0, 0.05) is 6.20 Å². The number of aliphatic carboxylic acids is 1. The second-order valence-electron chi connectivity index (χ2n) is 4.08. The van der Waals surface area contributed by atoms with Crippen LogP contribution in [0.15, 0.2) is 53.7 Å². The number of aromatic nitrogens is 1. The monoisotopic (exact) mass is 310 g/mol. The molecule has 1 aromatic carbocycles. The number of benzene rings is 1. The summed E-state index contributed by atoms with van der Waals surface area (Å²) in [5, 5.41) is 8.91. The lowest BCUT2D eigenvalue weighted by molar-refractivity contribution is -0.135. The molecule has 6 nitrogen and oxygen atoms in total. The Morgan fingerprint density at radius 3 is 2.48 bits per heavy atom. The van der Waals surface area contributed by atoms with Crippen LogP contribution in [0.2, 0.25) is 0 Å². The van der Waals surface area contributed by atoms with Gasteiger partial charge in [-0.1, -0.05) is 18.2 Å². The summed E-state index contributed by atoms with van der Waals surface area (Å²) >= 11 is 0. The summed E-state index contributed by atoms with van der Waals surface area (Å²) in [6, 6.07) is 8.51. The fourth-order valence-corrected chi connectivity index (χ4v) is 3.08. The number of carboxylic acid groups (broad SMARTS) is 1. The topological polar surface area (TPSA) is 87.6 Å². The van der Waals surface area contributed by atoms with Gasteiger partial charge in [0.2, 0.25) is 0 Å². The van der Waals surface area contributed by atoms with E-state index in [0.29, 0.717) is 4.31 Å². The Balaban J connectivity index is 2.52. The Morgan fingerprint density at radius 1 is 1.24 bits per heavy atom. The minimum atomic E-state index is -4.22. The maximum Gasteiger partial charge on any atom is 0.324 e. The van der Waals surface area contributed by atoms with Crippen molar-refractivity contribution in [2.45, 2.75) is 4.90 Å². The van der Waals surface area contributed by atoms with E-state index in [1.54, 1.807) is 18.2 Å². The predicted octanol–water partition coefficient (Wildman–Crippen LogP) is 1.50. The Morgan fingerprint density at radius 2 is 1.90 bits per heavy atom. The van der Waals surface area contributed by atoms with Crippen LogP contribution >= 0.6 is 0 Å². The number of hydrogen-bond donors (Lipinski definition) is 1. The summed E-state index contributed by atoms with van der Waals surface area (Å²) in [5.41, 5.74) is 0.171. The smallest absolute Gasteiger partial charge is 0.324 e. The summed E-state index contributed by atoms with van der Waals surface area (Å²) in [6.45, 7) is -0.775. The van der Waals surface area contributed by atoms with E-state index >= 15 is 0 Å². The maximum atomic E-state index is 13.2. The van der Waals surface area contributed by atoms with Gasteiger partial charge in [-0.25, -0.2) is 12.8 Å². The molecule has 1 heterocycles. The Hall–Kier alpha value is -2.48. The molecule has 1 N–H and O–H groups in total. The zero-order valence-corrected chi connectivity index (χ0v) is 11.5. The van der Waals surface area contributed by atoms with Gasteiger partial charge in [-0.15, -0.1) is 0 Å². The second kappa shape index (κ2) is 5.88. The van der Waals surface area contributed by atoms with Gasteiger partial charge >= 0.3 is 5.97 Å². The van der Waals surface area contributed by atoms with Crippen LogP contribution in [0.1, 0.15) is 0 Å². The zero-order valence-electron chi connectivity index (χ0n) is 10.7. The van der Waals surface area contributed by atoms with Crippen LogP contribution in [-0.2, 0) is 14.8 Å². The van der Waals surface area contributed by atoms with Gasteiger partial charge < -0.3 is 5.11 Å². The van der Waals surface area contributed by atoms with Gasteiger partial charge in [0.05, 0.1) is 11.9 Å². The molecule has 0 saturated heterocycles. The van der Waals surface area contributed by atoms with Crippen molar-refractivity contribution in [3.8, 4) is 0 Å². The second-order valence-corrected chi connectivity index (χ2v) is 5.94. The molecular formula is C13H11FN2O4S. The van der Waals surface area contributed by atoms with E-state index in [4.69, 9.17) is 5.11 Å². The van der Waals surface area contributed by atoms with E-state index in [9.17, 15) is 17.6 Å². The SMILES string of the molecule is O=C(O)CN(c1ccccc1)S(=O)(=O)c1cncc(F)c1. The number of carbonyl (C=O) groups is 1. The molecule has 0 aliphatic heterocycles. The van der Waals surface area contributed by atoms with Gasteiger partial charge in [0.15, 0.2) is 0 Å². The highest BCUT2D eigenvalue weighted by Gasteiger charge is 2.27. The minimum absolute atomic E-state index is 0.171. The molecule has 0 aliphatic rings. The number of hydrogen-bond acceptors (Lipinski definition) is 4. The lowest BCUT2D eigenvalue weighted by atomic mass is 10.3. The largest absolute Gasteiger partial charge is 0.480 e. The van der Waals surface area contributed by atoms with Crippen molar-refractivity contribution >= 4 is 21.7 Å². The predicted molar refractivity (Wildman–Crippen MR) is 72.8 cm³/mol. The Labute approximate surface area is 120 Å². The summed E-state index contributed by atoms with van der Waals surface area (Å²) in [4.78, 5) is 14.0. The molecule has 0 fully saturated rings. The number of nitrogens with zero attached hydrogens (tertiary/aromatic N) is 2. The summed E-state index contributed by atoms with van der Waals surface area (Å²) in [7, 11) is -4.22. The zero-order chi connectivity index (χ0) is 15.5. The third-order valence-corrected chi connectivity index (χ3v) is 4.33. The average molecular weight is 310 g/mol. The van der Waals surface area contributed by atoms with E-state index in [1.807, 2.05) is 0 Å². The normalized spacial score (nSPS) is 11.1. The highest BCUT2D eigenvalue weighted by molar-refractivity contribution is 7.92. The number of sulfonamides is 1. The molecule has 0 spiro atoms. The molecule has 21 heavy (non-hydrogen) atoms. The number of pyridine rings is 1. The molecule has 2 aromatic rings. The van der Waals surface area contributed by atoms with E-state index in [0.717, 1.165) is 18.5 Å². The van der Waals surface area contributed by atoms with Gasteiger partial charge in [0.1, 0.15) is 17.3 Å². The van der Waals surface area contributed by atoms with E-state index in [-0.39, 0.29) is 5.69 Å². The van der Waals surface area contributed by atoms with Crippen molar-refractivity contribution in [2.24, 2.45) is 0 Å². The van der Waals surface area contributed by atoms with Gasteiger partial charge in [0.25, 0.3) is 10.0 Å². The lowest BCUT2D eigenvalue weighted by Crippen LogP contribution is -2.35. The number of anilines is 1. The molecule has 110 valence electrons. The first-order valence-corrected chi connectivity index (χ1v) is 7.25. The van der Waals surface area contributed by atoms with Crippen LogP contribution in [0.5, 0.6) is 0 Å². The lowest BCUT2D eigenvalue weighted by Gasteiger charge is -2.22. The van der Waals surface area contributed by atoms with E-state index in [1.165, 1.54) is 12.1 Å². The number of para-hydroxylation sites is 1. The van der Waals surface area contributed by atoms with Crippen LogP contribution in [0.4, 0.5) is 10.1 Å². The molecule has 0 aliphatic carbocycles. The van der Waals surface area contributed by atoms with Crippen LogP contribution < -0.4 is 4.31 Å². The molecule has 0 unspecified atom stereocenters. The van der Waals surface area contributed by atoms with Gasteiger partial charge in [-0.05, 0) is 18.2 Å². The van der Waals surface area contributed by atoms with Crippen LogP contribution in [-0.4, -0.2) is 31.0 Å². The molecule has 1 aromatic heterocycles. The fourth-order valence-electron chi connectivity index (χ4n) is 1.69. The minimum Gasteiger partial charge on any atom is -0.480 e. The highest BCUT2D eigenvalue weighted by atomic mass is 32.2. The average Bonchev–Trinajstić information content (AvgIpc) is 2.45. The van der Waals surface area contributed by atoms with E-state index in [2.05, 4.69) is 4.98 Å². The van der Waals surface area contributed by atoms with Crippen molar-refractivity contribution in [1.29, 1.82) is 0 Å². The summed E-state index contributed by atoms with van der Waals surface area (Å²) < 4.78 is 38.8. The van der Waals surface area contributed by atoms with Gasteiger partial charge in [-0.3, -0.25) is 14.1 Å². The number of rotatable bonds is 5. The molecule has 0 saturated carbocycles. The third kappa shape index (κ3) is 3.34. The molecule has 8 heteroatoms. The number of halogens is 1. The standard InChI is InChI=1S/C13H11FN2O4S/c14-10-6-12(8-15-7-10)21(19,20)16(9-13(17)18)11-4-2-1-3-5-11/h1-8H,9H2,(H,17,18). The molecule has 0 amide bonds. The Kier molecular flexibility index (Phi) is 4.18. The fraction of sp³-hybridized carbons (Fsp3) is 0.0769. The van der Waals surface area contributed by atoms with Crippen molar-refractivity contribution < 1.29 is 22.7 Å². The summed E-state index contributed by atoms with van der Waals surface area (Å²) in [5.74, 6) is -2.15. The number of carboxylic acids is 1. The third-order valence-electron chi connectivity index (χ3n) is 2.59. The van der Waals surface area contributed by atoms with Crippen molar-refractivity contribution in [3.05, 3.63) is 54.6 Å². The molecule has 0 atom stereocenters. The maximum absolute atomic E-state index is 13.2. The van der Waals surface area contributed by atoms with E-state index < -0.39 is 33.3 Å². The van der Waals surface area contributed by atoms with Gasteiger partial charge in [-0.2, -0.15) is 0 Å². The van der Waals surface area contributed by atoms with Crippen molar-refractivity contribution in [1.82, 2.24) is 4.98 Å². The highest BCUT2D eigenvalue weighted by Crippen LogP contribution is 2.23. The van der Waals surface area contributed by atoms with Crippen LogP contribution in [0, 0.1) is 5.82 Å². The first-order chi connectivity index (χ1) is 9.91. The molecule has 0 radical (unpaired) electrons. The Bertz CT molecular complexity index is 750. The van der Waals surface area contributed by atoms with Crippen LogP contribution in [0.25, 0.3) is 0 Å². The van der Waals surface area contributed by atoms with Crippen molar-refractivity contribution in [3.63, 3.8) is 0 Å². The van der Waals surface area contributed by atoms with Crippen molar-refractivity contribution in [2.75, 3.05) is 10.8 Å². The first-order valence-electron chi connectivity index (χ1n) is 5.81. The molecule has 0 bridgehead atoms. The quantitative estimate of drug-likeness (QED) is 0.904. The molecule has 2 rings (SSSR count). The molecular weight excluding hydrogens is 299 g/mol.